The first-order valence-corrected chi connectivity index (χ1v) is 10.6. The summed E-state index contributed by atoms with van der Waals surface area (Å²) in [7, 11) is 0. The predicted molar refractivity (Wildman–Crippen MR) is 97.9 cm³/mol. The molecule has 0 aromatic carbocycles. The van der Waals surface area contributed by atoms with Crippen LogP contribution in [0.1, 0.15) is 79.1 Å². The zero-order chi connectivity index (χ0) is 18.2. The summed E-state index contributed by atoms with van der Waals surface area (Å²) in [4.78, 5) is 12.4. The Balaban J connectivity index is 1.67. The monoisotopic (exact) mass is 348 g/mol. The molecule has 0 bridgehead atoms. The van der Waals surface area contributed by atoms with Crippen molar-refractivity contribution in [3.05, 3.63) is 0 Å². The zero-order valence-electron chi connectivity index (χ0n) is 16.4. The van der Waals surface area contributed by atoms with Gasteiger partial charge in [-0.3, -0.25) is 4.79 Å². The fraction of sp³-hybridized carbons (Fsp3) is 0.955. The summed E-state index contributed by atoms with van der Waals surface area (Å²) < 4.78 is 0. The molecule has 142 valence electrons. The number of hydrogen-bond acceptors (Lipinski definition) is 3. The lowest BCUT2D eigenvalue weighted by Gasteiger charge is -2.61. The number of aliphatic hydroxyl groups is 2. The molecule has 0 spiro atoms. The molecule has 4 rings (SSSR count). The first-order chi connectivity index (χ1) is 11.6. The van der Waals surface area contributed by atoms with Crippen LogP contribution in [0.15, 0.2) is 0 Å². The molecule has 25 heavy (non-hydrogen) atoms. The highest BCUT2D eigenvalue weighted by Crippen LogP contribution is 2.69. The van der Waals surface area contributed by atoms with Crippen molar-refractivity contribution in [3.63, 3.8) is 0 Å². The Bertz CT molecular complexity index is 574. The van der Waals surface area contributed by atoms with Gasteiger partial charge in [-0.25, -0.2) is 0 Å². The number of ketones is 1. The van der Waals surface area contributed by atoms with E-state index in [1.165, 1.54) is 12.8 Å². The van der Waals surface area contributed by atoms with E-state index >= 15 is 0 Å². The van der Waals surface area contributed by atoms with E-state index in [0.29, 0.717) is 29.1 Å². The lowest BCUT2D eigenvalue weighted by Crippen LogP contribution is -2.59. The van der Waals surface area contributed by atoms with Crippen molar-refractivity contribution in [2.75, 3.05) is 0 Å². The van der Waals surface area contributed by atoms with E-state index in [4.69, 9.17) is 0 Å². The number of carbonyl (C=O) groups excluding carboxylic acids is 1. The molecule has 4 saturated carbocycles. The Morgan fingerprint density at radius 1 is 1.00 bits per heavy atom. The van der Waals surface area contributed by atoms with Crippen molar-refractivity contribution in [2.24, 2.45) is 40.4 Å². The molecule has 4 fully saturated rings. The fourth-order valence-electron chi connectivity index (χ4n) is 8.33. The molecular weight excluding hydrogens is 312 g/mol. The summed E-state index contributed by atoms with van der Waals surface area (Å²) in [6.45, 7) is 8.37. The van der Waals surface area contributed by atoms with Crippen LogP contribution in [0.3, 0.4) is 0 Å². The van der Waals surface area contributed by atoms with Crippen molar-refractivity contribution in [1.29, 1.82) is 0 Å². The van der Waals surface area contributed by atoms with Gasteiger partial charge in [0.1, 0.15) is 5.60 Å². The largest absolute Gasteiger partial charge is 0.393 e. The quantitative estimate of drug-likeness (QED) is 0.754. The van der Waals surface area contributed by atoms with Crippen LogP contribution >= 0.6 is 0 Å². The molecule has 9 atom stereocenters. The maximum atomic E-state index is 12.4. The molecule has 0 radical (unpaired) electrons. The van der Waals surface area contributed by atoms with Crippen LogP contribution in [-0.2, 0) is 4.79 Å². The van der Waals surface area contributed by atoms with Crippen LogP contribution < -0.4 is 0 Å². The van der Waals surface area contributed by atoms with Gasteiger partial charge in [-0.1, -0.05) is 20.8 Å². The van der Waals surface area contributed by atoms with E-state index in [0.717, 1.165) is 38.5 Å². The summed E-state index contributed by atoms with van der Waals surface area (Å²) in [5, 5.41) is 21.6. The number of aliphatic hydroxyl groups excluding tert-OH is 1. The molecule has 0 aromatic heterocycles. The minimum Gasteiger partial charge on any atom is -0.393 e. The van der Waals surface area contributed by atoms with Crippen molar-refractivity contribution in [1.82, 2.24) is 0 Å². The van der Waals surface area contributed by atoms with Gasteiger partial charge in [-0.2, -0.15) is 0 Å². The predicted octanol–water partition coefficient (Wildman–Crippen LogP) is 3.96. The van der Waals surface area contributed by atoms with Crippen molar-refractivity contribution < 1.29 is 15.0 Å². The number of carbonyl (C=O) groups is 1. The lowest BCUT2D eigenvalue weighted by atomic mass is 9.44. The van der Waals surface area contributed by atoms with Gasteiger partial charge in [-0.15, -0.1) is 0 Å². The fourth-order valence-corrected chi connectivity index (χ4v) is 8.33. The Morgan fingerprint density at radius 3 is 2.40 bits per heavy atom. The molecule has 3 nitrogen and oxygen atoms in total. The van der Waals surface area contributed by atoms with Crippen LogP contribution in [0.2, 0.25) is 0 Å². The van der Waals surface area contributed by atoms with Gasteiger partial charge in [0.2, 0.25) is 0 Å². The Hall–Kier alpha value is -0.410. The topological polar surface area (TPSA) is 57.5 Å². The number of Topliss-reactive ketones (excluding diaryl/α,β-unsaturated/α-hetero) is 1. The first kappa shape index (κ1) is 18.0. The smallest absolute Gasteiger partial charge is 0.162 e. The zero-order valence-corrected chi connectivity index (χ0v) is 16.4. The molecule has 4 aliphatic carbocycles. The molecule has 0 heterocycles. The third kappa shape index (κ3) is 2.15. The van der Waals surface area contributed by atoms with Crippen molar-refractivity contribution in [2.45, 2.75) is 90.8 Å². The molecule has 3 heteroatoms. The molecule has 0 aliphatic heterocycles. The van der Waals surface area contributed by atoms with Gasteiger partial charge in [-0.05, 0) is 93.3 Å². The molecule has 0 aromatic rings. The minimum absolute atomic E-state index is 0.0239. The van der Waals surface area contributed by atoms with Crippen LogP contribution in [0.5, 0.6) is 0 Å². The lowest BCUT2D eigenvalue weighted by molar-refractivity contribution is -0.175. The highest BCUT2D eigenvalue weighted by molar-refractivity contribution is 5.86. The molecular formula is C22H36O3. The third-order valence-electron chi connectivity index (χ3n) is 9.76. The van der Waals surface area contributed by atoms with Crippen LogP contribution in [-0.4, -0.2) is 27.7 Å². The summed E-state index contributed by atoms with van der Waals surface area (Å²) in [5.74, 6) is 2.53. The van der Waals surface area contributed by atoms with Gasteiger partial charge in [0, 0.05) is 5.41 Å². The third-order valence-corrected chi connectivity index (χ3v) is 9.76. The summed E-state index contributed by atoms with van der Waals surface area (Å²) in [5.41, 5.74) is -1.04. The van der Waals surface area contributed by atoms with Crippen LogP contribution in [0.4, 0.5) is 0 Å². The number of hydrogen-bond donors (Lipinski definition) is 2. The number of rotatable bonds is 1. The molecule has 0 saturated heterocycles. The second-order valence-corrected chi connectivity index (χ2v) is 10.5. The maximum absolute atomic E-state index is 12.4. The van der Waals surface area contributed by atoms with E-state index in [-0.39, 0.29) is 23.2 Å². The van der Waals surface area contributed by atoms with Gasteiger partial charge in [0.15, 0.2) is 5.78 Å². The Labute approximate surface area is 152 Å². The van der Waals surface area contributed by atoms with Crippen molar-refractivity contribution in [3.8, 4) is 0 Å². The SMILES string of the molecule is CC(=O)[C@@]1(O)[C@H](C)CC2C3CC[C@H]4C[C@H](O)CCC4(C)C3CCC21C. The standard InChI is InChI=1S/C22H36O3/c1-13-11-19-17-6-5-15-12-16(24)7-9-20(15,3)18(17)8-10-21(19,4)22(13,25)14(2)23/h13,15-19,24-25H,5-12H2,1-4H3/t13-,15+,16-,17?,18?,19?,20?,21?,22+/m1/s1. The normalized spacial score (nSPS) is 58.2. The molecule has 5 unspecified atom stereocenters. The first-order valence-electron chi connectivity index (χ1n) is 10.6. The van der Waals surface area contributed by atoms with Gasteiger partial charge < -0.3 is 10.2 Å². The Morgan fingerprint density at radius 2 is 1.72 bits per heavy atom. The summed E-state index contributed by atoms with van der Waals surface area (Å²) in [6.07, 6.45) is 8.53. The van der Waals surface area contributed by atoms with Crippen LogP contribution in [0, 0.1) is 40.4 Å². The van der Waals surface area contributed by atoms with Crippen molar-refractivity contribution >= 4 is 5.78 Å². The maximum Gasteiger partial charge on any atom is 0.162 e. The Kier molecular flexibility index (Phi) is 3.99. The van der Waals surface area contributed by atoms with Crippen LogP contribution in [0.25, 0.3) is 0 Å². The van der Waals surface area contributed by atoms with Gasteiger partial charge >= 0.3 is 0 Å². The second-order valence-electron chi connectivity index (χ2n) is 10.5. The highest BCUT2D eigenvalue weighted by atomic mass is 16.3. The van der Waals surface area contributed by atoms with Gasteiger partial charge in [0.05, 0.1) is 6.10 Å². The average Bonchev–Trinajstić information content (AvgIpc) is 2.77. The van der Waals surface area contributed by atoms with E-state index in [9.17, 15) is 15.0 Å². The van der Waals surface area contributed by atoms with Gasteiger partial charge in [0.25, 0.3) is 0 Å². The van der Waals surface area contributed by atoms with E-state index in [1.54, 1.807) is 6.92 Å². The molecule has 4 aliphatic rings. The van der Waals surface area contributed by atoms with E-state index in [1.807, 2.05) is 0 Å². The summed E-state index contributed by atoms with van der Waals surface area (Å²) in [6, 6.07) is 0. The second kappa shape index (κ2) is 5.55. The summed E-state index contributed by atoms with van der Waals surface area (Å²) >= 11 is 0. The average molecular weight is 349 g/mol. The highest BCUT2D eigenvalue weighted by Gasteiger charge is 2.68. The minimum atomic E-state index is -1.14. The molecule has 2 N–H and O–H groups in total. The number of fused-ring (bicyclic) bond motifs is 5. The van der Waals surface area contributed by atoms with E-state index < -0.39 is 5.60 Å². The van der Waals surface area contributed by atoms with E-state index in [2.05, 4.69) is 20.8 Å². The molecule has 0 amide bonds.